The molecule has 10 heteroatoms. The van der Waals surface area contributed by atoms with Crippen molar-refractivity contribution >= 4 is 0 Å². The van der Waals surface area contributed by atoms with Crippen molar-refractivity contribution in [2.24, 2.45) is 7.05 Å². The Hall–Kier alpha value is -2.85. The zero-order chi connectivity index (χ0) is 22.7. The molecule has 0 aliphatic carbocycles. The van der Waals surface area contributed by atoms with Gasteiger partial charge in [0.2, 0.25) is 0 Å². The molecule has 3 heterocycles. The first-order valence-corrected chi connectivity index (χ1v) is 10.5. The molecule has 2 aromatic heterocycles. The molecule has 1 aliphatic heterocycles. The molecule has 1 aliphatic rings. The second-order valence-corrected chi connectivity index (χ2v) is 7.91. The lowest BCUT2D eigenvalue weighted by Crippen LogP contribution is -2.38. The molecule has 32 heavy (non-hydrogen) atoms. The van der Waals surface area contributed by atoms with Gasteiger partial charge in [0, 0.05) is 50.1 Å². The van der Waals surface area contributed by atoms with E-state index in [1.165, 1.54) is 17.7 Å². The number of halogens is 3. The third kappa shape index (κ3) is 5.31. The number of nitrogens with one attached hydrogen (secondary N) is 1. The molecule has 4 rings (SSSR count). The summed E-state index contributed by atoms with van der Waals surface area (Å²) in [5, 5.41) is 11.7. The summed E-state index contributed by atoms with van der Waals surface area (Å²) in [5.41, 5.74) is 3.39. The summed E-state index contributed by atoms with van der Waals surface area (Å²) in [5.74, 6) is 0.398. The van der Waals surface area contributed by atoms with Crippen molar-refractivity contribution in [2.75, 3.05) is 26.3 Å². The lowest BCUT2D eigenvalue weighted by atomic mass is 10.1. The maximum Gasteiger partial charge on any atom is 0.416 e. The van der Waals surface area contributed by atoms with Crippen LogP contribution in [-0.2, 0) is 30.9 Å². The van der Waals surface area contributed by atoms with Crippen LogP contribution in [0.4, 0.5) is 13.2 Å². The first-order valence-electron chi connectivity index (χ1n) is 10.5. The van der Waals surface area contributed by atoms with Gasteiger partial charge in [-0.3, -0.25) is 14.7 Å². The van der Waals surface area contributed by atoms with Gasteiger partial charge in [0.25, 0.3) is 0 Å². The van der Waals surface area contributed by atoms with E-state index in [9.17, 15) is 13.2 Å². The fourth-order valence-corrected chi connectivity index (χ4v) is 3.66. The Morgan fingerprint density at radius 2 is 2.03 bits per heavy atom. The van der Waals surface area contributed by atoms with Gasteiger partial charge in [-0.05, 0) is 37.3 Å². The first-order chi connectivity index (χ1) is 15.3. The zero-order valence-corrected chi connectivity index (χ0v) is 18.0. The normalized spacial score (nSPS) is 17.6. The maximum atomic E-state index is 12.6. The predicted molar refractivity (Wildman–Crippen MR) is 111 cm³/mol. The van der Waals surface area contributed by atoms with E-state index in [4.69, 9.17) is 9.47 Å². The maximum absolute atomic E-state index is 12.6. The summed E-state index contributed by atoms with van der Waals surface area (Å²) >= 11 is 0. The van der Waals surface area contributed by atoms with E-state index in [-0.39, 0.29) is 6.10 Å². The van der Waals surface area contributed by atoms with Crippen LogP contribution < -0.4 is 4.74 Å². The highest BCUT2D eigenvalue weighted by atomic mass is 19.4. The lowest BCUT2D eigenvalue weighted by molar-refractivity contribution is -0.137. The van der Waals surface area contributed by atoms with Crippen LogP contribution in [0.3, 0.4) is 0 Å². The van der Waals surface area contributed by atoms with Gasteiger partial charge in [0.15, 0.2) is 0 Å². The Balaban J connectivity index is 1.28. The van der Waals surface area contributed by atoms with Crippen LogP contribution in [0.15, 0.2) is 36.5 Å². The van der Waals surface area contributed by atoms with Gasteiger partial charge in [-0.2, -0.15) is 23.4 Å². The summed E-state index contributed by atoms with van der Waals surface area (Å²) < 4.78 is 51.3. The third-order valence-electron chi connectivity index (χ3n) is 5.68. The highest BCUT2D eigenvalue weighted by Gasteiger charge is 2.30. The minimum atomic E-state index is -4.35. The number of hydrogen-bond acceptors (Lipinski definition) is 5. The van der Waals surface area contributed by atoms with Crippen LogP contribution in [0.2, 0.25) is 0 Å². The fourth-order valence-electron chi connectivity index (χ4n) is 3.66. The van der Waals surface area contributed by atoms with Crippen LogP contribution in [0.1, 0.15) is 34.3 Å². The Morgan fingerprint density at radius 3 is 2.72 bits per heavy atom. The average Bonchev–Trinajstić information content (AvgIpc) is 3.36. The molecule has 1 unspecified atom stereocenters. The summed E-state index contributed by atoms with van der Waals surface area (Å²) in [7, 11) is 1.94. The summed E-state index contributed by atoms with van der Waals surface area (Å²) in [6.07, 6.45) is -2.01. The van der Waals surface area contributed by atoms with Crippen LogP contribution >= 0.6 is 0 Å². The highest BCUT2D eigenvalue weighted by Crippen LogP contribution is 2.30. The third-order valence-corrected chi connectivity index (χ3v) is 5.68. The molecule has 1 atom stereocenters. The van der Waals surface area contributed by atoms with Gasteiger partial charge in [-0.25, -0.2) is 0 Å². The number of aromatic amines is 1. The molecule has 0 bridgehead atoms. The van der Waals surface area contributed by atoms with Crippen LogP contribution in [0.25, 0.3) is 0 Å². The molecule has 172 valence electrons. The molecule has 3 aromatic rings. The summed E-state index contributed by atoms with van der Waals surface area (Å²) in [6.45, 7) is 5.42. The van der Waals surface area contributed by atoms with Gasteiger partial charge in [-0.1, -0.05) is 0 Å². The standard InChI is InChI=1S/C22H26F3N5O2/c1-15-16(12-26-29(15)2)13-30-8-10-32-21(14-30)20-11-18(27-28-20)7-9-31-19-5-3-17(4-6-19)22(23,24)25/h3-6,11-12,21H,7-10,13-14H2,1-2H3,(H,27,28). The molecule has 1 aromatic carbocycles. The highest BCUT2D eigenvalue weighted by molar-refractivity contribution is 5.29. The van der Waals surface area contributed by atoms with E-state index < -0.39 is 11.7 Å². The minimum absolute atomic E-state index is 0.124. The van der Waals surface area contributed by atoms with E-state index in [1.54, 1.807) is 0 Å². The Kier molecular flexibility index (Phi) is 6.52. The van der Waals surface area contributed by atoms with E-state index in [1.807, 2.05) is 24.0 Å². The molecular formula is C22H26F3N5O2. The van der Waals surface area contributed by atoms with Gasteiger partial charge in [0.1, 0.15) is 11.9 Å². The van der Waals surface area contributed by atoms with Crippen molar-refractivity contribution in [2.45, 2.75) is 32.2 Å². The van der Waals surface area contributed by atoms with E-state index >= 15 is 0 Å². The first kappa shape index (κ1) is 22.3. The number of benzene rings is 1. The lowest BCUT2D eigenvalue weighted by Gasteiger charge is -2.32. The number of morpholine rings is 1. The Morgan fingerprint density at radius 1 is 1.25 bits per heavy atom. The van der Waals surface area contributed by atoms with Crippen LogP contribution in [0.5, 0.6) is 5.75 Å². The van der Waals surface area contributed by atoms with Crippen molar-refractivity contribution in [3.05, 3.63) is 64.7 Å². The van der Waals surface area contributed by atoms with E-state index in [0.717, 1.165) is 48.8 Å². The Labute approximate surface area is 184 Å². The fraction of sp³-hybridized carbons (Fsp3) is 0.455. The van der Waals surface area contributed by atoms with Gasteiger partial charge in [-0.15, -0.1) is 0 Å². The molecule has 0 spiro atoms. The van der Waals surface area contributed by atoms with Gasteiger partial charge in [0.05, 0.1) is 30.7 Å². The second kappa shape index (κ2) is 9.33. The molecule has 7 nitrogen and oxygen atoms in total. The quantitative estimate of drug-likeness (QED) is 0.596. The molecule has 0 saturated carbocycles. The number of ether oxygens (including phenoxy) is 2. The average molecular weight is 449 g/mol. The van der Waals surface area contributed by atoms with Crippen molar-refractivity contribution in [3.8, 4) is 5.75 Å². The molecule has 1 N–H and O–H groups in total. The van der Waals surface area contributed by atoms with Crippen LogP contribution in [-0.4, -0.2) is 51.2 Å². The molecular weight excluding hydrogens is 423 g/mol. The number of nitrogens with zero attached hydrogens (tertiary/aromatic N) is 4. The molecule has 1 fully saturated rings. The second-order valence-electron chi connectivity index (χ2n) is 7.91. The van der Waals surface area contributed by atoms with E-state index in [0.29, 0.717) is 25.4 Å². The largest absolute Gasteiger partial charge is 0.493 e. The number of aromatic nitrogens is 4. The monoisotopic (exact) mass is 449 g/mol. The smallest absolute Gasteiger partial charge is 0.416 e. The number of aryl methyl sites for hydroxylation is 1. The van der Waals surface area contributed by atoms with Crippen molar-refractivity contribution in [1.82, 2.24) is 24.9 Å². The molecule has 1 saturated heterocycles. The predicted octanol–water partition coefficient (Wildman–Crippen LogP) is 3.67. The topological polar surface area (TPSA) is 68.2 Å². The van der Waals surface area contributed by atoms with Crippen molar-refractivity contribution in [3.63, 3.8) is 0 Å². The zero-order valence-electron chi connectivity index (χ0n) is 18.0. The number of H-pyrrole nitrogens is 1. The summed E-state index contributed by atoms with van der Waals surface area (Å²) in [4.78, 5) is 2.33. The SMILES string of the molecule is Cc1c(CN2CCOC(c3cc(CCOc4ccc(C(F)(F)F)cc4)[nH]n3)C2)cnn1C. The summed E-state index contributed by atoms with van der Waals surface area (Å²) in [6, 6.07) is 6.65. The number of hydrogen-bond donors (Lipinski definition) is 1. The van der Waals surface area contributed by atoms with Gasteiger partial charge < -0.3 is 9.47 Å². The van der Waals surface area contributed by atoms with Crippen molar-refractivity contribution in [1.29, 1.82) is 0 Å². The minimum Gasteiger partial charge on any atom is -0.493 e. The van der Waals surface area contributed by atoms with Crippen LogP contribution in [0, 0.1) is 6.92 Å². The van der Waals surface area contributed by atoms with E-state index in [2.05, 4.69) is 27.1 Å². The molecule has 0 amide bonds. The number of alkyl halides is 3. The Bertz CT molecular complexity index is 1030. The van der Waals surface area contributed by atoms with Crippen molar-refractivity contribution < 1.29 is 22.6 Å². The van der Waals surface area contributed by atoms with Gasteiger partial charge >= 0.3 is 6.18 Å². The molecule has 0 radical (unpaired) electrons. The number of rotatable bonds is 7.